The number of unbranched alkanes of at least 4 members (excludes halogenated alkanes) is 3. The molecule has 1 aliphatic rings. The van der Waals surface area contributed by atoms with Gasteiger partial charge >= 0.3 is 0 Å². The Kier molecular flexibility index (Phi) is 9.54. The largest absolute Gasteiger partial charge is 0.493 e. The van der Waals surface area contributed by atoms with Crippen LogP contribution in [0.2, 0.25) is 0 Å². The summed E-state index contributed by atoms with van der Waals surface area (Å²) in [5, 5.41) is 0. The Bertz CT molecular complexity index is 1150. The molecule has 4 rings (SSSR count). The van der Waals surface area contributed by atoms with Gasteiger partial charge in [-0.05, 0) is 66.5 Å². The minimum atomic E-state index is -0.806. The van der Waals surface area contributed by atoms with Gasteiger partial charge in [0.15, 0.2) is 11.6 Å². The highest BCUT2D eigenvalue weighted by molar-refractivity contribution is 5.65. The molecule has 0 spiro atoms. The topological polar surface area (TPSA) is 18.5 Å². The third-order valence-electron chi connectivity index (χ3n) is 7.42. The van der Waals surface area contributed by atoms with Crippen LogP contribution < -0.4 is 9.47 Å². The Morgan fingerprint density at radius 2 is 1.49 bits per heavy atom. The molecule has 0 saturated heterocycles. The van der Waals surface area contributed by atoms with E-state index in [4.69, 9.17) is 9.47 Å². The first kappa shape index (κ1) is 27.1. The van der Waals surface area contributed by atoms with Crippen molar-refractivity contribution in [2.45, 2.75) is 77.7 Å². The van der Waals surface area contributed by atoms with Crippen LogP contribution >= 0.6 is 0 Å². The molecule has 37 heavy (non-hydrogen) atoms. The molecule has 198 valence electrons. The van der Waals surface area contributed by atoms with Gasteiger partial charge < -0.3 is 9.47 Å². The zero-order chi connectivity index (χ0) is 26.2. The minimum absolute atomic E-state index is 0.0552. The molecule has 0 radical (unpaired) electrons. The zero-order valence-corrected chi connectivity index (χ0v) is 21.9. The van der Waals surface area contributed by atoms with E-state index in [1.54, 1.807) is 48.5 Å². The van der Waals surface area contributed by atoms with E-state index in [2.05, 4.69) is 13.8 Å². The van der Waals surface area contributed by atoms with Crippen LogP contribution in [0.1, 0.15) is 82.3 Å². The van der Waals surface area contributed by atoms with E-state index in [-0.39, 0.29) is 23.9 Å². The third kappa shape index (κ3) is 7.09. The summed E-state index contributed by atoms with van der Waals surface area (Å²) in [6, 6.07) is 15.0. The molecule has 0 amide bonds. The van der Waals surface area contributed by atoms with Crippen LogP contribution in [-0.4, -0.2) is 6.61 Å². The summed E-state index contributed by atoms with van der Waals surface area (Å²) in [5.74, 6) is -0.149. The first-order valence-corrected chi connectivity index (χ1v) is 13.6. The predicted octanol–water partition coefficient (Wildman–Crippen LogP) is 9.60. The molecule has 0 aliphatic heterocycles. The lowest BCUT2D eigenvalue weighted by Crippen LogP contribution is -2.13. The summed E-state index contributed by atoms with van der Waals surface area (Å²) in [5.41, 5.74) is 1.71. The van der Waals surface area contributed by atoms with E-state index in [0.717, 1.165) is 44.9 Å². The van der Waals surface area contributed by atoms with Crippen molar-refractivity contribution in [1.82, 2.24) is 0 Å². The quantitative estimate of drug-likeness (QED) is 0.239. The lowest BCUT2D eigenvalue weighted by molar-refractivity contribution is 0.293. The summed E-state index contributed by atoms with van der Waals surface area (Å²) < 4.78 is 55.8. The first-order chi connectivity index (χ1) is 18.0. The predicted molar refractivity (Wildman–Crippen MR) is 143 cm³/mol. The normalized spacial score (nSPS) is 17.5. The summed E-state index contributed by atoms with van der Waals surface area (Å²) >= 11 is 0. The number of hydrogen-bond donors (Lipinski definition) is 0. The lowest BCUT2D eigenvalue weighted by atomic mass is 9.79. The van der Waals surface area contributed by atoms with Crippen LogP contribution in [0.15, 0.2) is 54.6 Å². The van der Waals surface area contributed by atoms with Gasteiger partial charge in [-0.1, -0.05) is 70.2 Å². The molecule has 0 aromatic heterocycles. The number of benzene rings is 3. The highest BCUT2D eigenvalue weighted by Crippen LogP contribution is 2.39. The van der Waals surface area contributed by atoms with E-state index in [1.165, 1.54) is 12.5 Å². The third-order valence-corrected chi connectivity index (χ3v) is 7.42. The number of hydrogen-bond acceptors (Lipinski definition) is 2. The van der Waals surface area contributed by atoms with Crippen molar-refractivity contribution in [3.63, 3.8) is 0 Å². The smallest absolute Gasteiger partial charge is 0.166 e. The fourth-order valence-electron chi connectivity index (χ4n) is 5.02. The Morgan fingerprint density at radius 3 is 2.19 bits per heavy atom. The fourth-order valence-corrected chi connectivity index (χ4v) is 5.02. The molecule has 0 unspecified atom stereocenters. The maximum absolute atomic E-state index is 15.0. The van der Waals surface area contributed by atoms with Crippen molar-refractivity contribution in [1.29, 1.82) is 0 Å². The van der Waals surface area contributed by atoms with Gasteiger partial charge in [0.2, 0.25) is 0 Å². The van der Waals surface area contributed by atoms with E-state index in [0.29, 0.717) is 40.7 Å². The Morgan fingerprint density at radius 1 is 0.757 bits per heavy atom. The summed E-state index contributed by atoms with van der Waals surface area (Å²) in [4.78, 5) is 0. The molecular formula is C32H37F3O2. The molecule has 2 nitrogen and oxygen atoms in total. The summed E-state index contributed by atoms with van der Waals surface area (Å²) in [6.45, 7) is 5.00. The van der Waals surface area contributed by atoms with E-state index >= 15 is 4.39 Å². The van der Waals surface area contributed by atoms with Gasteiger partial charge in [0, 0.05) is 17.2 Å². The van der Waals surface area contributed by atoms with Crippen molar-refractivity contribution in [2.24, 2.45) is 5.92 Å². The molecule has 0 N–H and O–H groups in total. The molecule has 5 heteroatoms. The van der Waals surface area contributed by atoms with Crippen LogP contribution in [-0.2, 0) is 6.61 Å². The molecule has 0 heterocycles. The first-order valence-electron chi connectivity index (χ1n) is 13.6. The monoisotopic (exact) mass is 510 g/mol. The van der Waals surface area contributed by atoms with Crippen molar-refractivity contribution < 1.29 is 22.6 Å². The van der Waals surface area contributed by atoms with Crippen LogP contribution in [0.5, 0.6) is 11.5 Å². The molecule has 1 fully saturated rings. The molecule has 3 aromatic carbocycles. The van der Waals surface area contributed by atoms with Gasteiger partial charge in [-0.2, -0.15) is 0 Å². The second-order valence-electron chi connectivity index (χ2n) is 10.3. The lowest BCUT2D eigenvalue weighted by Gasteiger charge is -2.27. The van der Waals surface area contributed by atoms with Gasteiger partial charge in [-0.3, -0.25) is 0 Å². The maximum atomic E-state index is 15.0. The highest BCUT2D eigenvalue weighted by atomic mass is 19.2. The second kappa shape index (κ2) is 13.0. The van der Waals surface area contributed by atoms with Gasteiger partial charge in [-0.25, -0.2) is 13.2 Å². The van der Waals surface area contributed by atoms with E-state index in [1.807, 2.05) is 0 Å². The Balaban J connectivity index is 1.35. The van der Waals surface area contributed by atoms with Crippen LogP contribution in [0.4, 0.5) is 13.2 Å². The molecule has 0 bridgehead atoms. The van der Waals surface area contributed by atoms with Crippen LogP contribution in [0.3, 0.4) is 0 Å². The highest BCUT2D eigenvalue weighted by Gasteiger charge is 2.25. The van der Waals surface area contributed by atoms with Gasteiger partial charge in [0.25, 0.3) is 0 Å². The average molecular weight is 511 g/mol. The Labute approximate surface area is 218 Å². The van der Waals surface area contributed by atoms with Gasteiger partial charge in [0.1, 0.15) is 23.9 Å². The summed E-state index contributed by atoms with van der Waals surface area (Å²) in [7, 11) is 0. The van der Waals surface area contributed by atoms with E-state index in [9.17, 15) is 8.78 Å². The molecule has 0 atom stereocenters. The van der Waals surface area contributed by atoms with Crippen LogP contribution in [0.25, 0.3) is 11.1 Å². The van der Waals surface area contributed by atoms with Crippen molar-refractivity contribution in [3.05, 3.63) is 83.2 Å². The second-order valence-corrected chi connectivity index (χ2v) is 10.3. The summed E-state index contributed by atoms with van der Waals surface area (Å²) in [6.07, 6.45) is 8.30. The van der Waals surface area contributed by atoms with Crippen molar-refractivity contribution in [2.75, 3.05) is 6.61 Å². The average Bonchev–Trinajstić information content (AvgIpc) is 2.91. The maximum Gasteiger partial charge on any atom is 0.166 e. The van der Waals surface area contributed by atoms with Crippen molar-refractivity contribution in [3.8, 4) is 22.6 Å². The number of ether oxygens (including phenoxy) is 2. The molecular weight excluding hydrogens is 473 g/mol. The van der Waals surface area contributed by atoms with Gasteiger partial charge in [0.05, 0.1) is 6.61 Å². The minimum Gasteiger partial charge on any atom is -0.493 e. The Hall–Kier alpha value is -2.95. The van der Waals surface area contributed by atoms with E-state index < -0.39 is 11.6 Å². The number of rotatable bonds is 11. The fraction of sp³-hybridized carbons (Fsp3) is 0.438. The standard InChI is InChI=1S/C32H37F3O2/c1-3-4-5-6-19-36-27-16-13-25(30(33)20-27)21-37-26-14-11-24(12-15-26)29-18-17-28(31(34)32(29)35)23-9-7-22(2)8-10-23/h11-18,20,22-23H,3-10,19,21H2,1-2H3. The molecule has 1 aliphatic carbocycles. The zero-order valence-electron chi connectivity index (χ0n) is 21.9. The van der Waals surface area contributed by atoms with Crippen LogP contribution in [0, 0.1) is 23.4 Å². The molecule has 1 saturated carbocycles. The SMILES string of the molecule is CCCCCCOc1ccc(COc2ccc(-c3ccc(C4CCC(C)CC4)c(F)c3F)cc2)c(F)c1. The van der Waals surface area contributed by atoms with Crippen molar-refractivity contribution >= 4 is 0 Å². The number of halogens is 3. The molecule has 3 aromatic rings. The van der Waals surface area contributed by atoms with Gasteiger partial charge in [-0.15, -0.1) is 0 Å².